The maximum atomic E-state index is 12.5. The predicted molar refractivity (Wildman–Crippen MR) is 100 cm³/mol. The van der Waals surface area contributed by atoms with E-state index in [0.717, 1.165) is 48.7 Å². The molecule has 2 aromatic heterocycles. The molecule has 0 spiro atoms. The van der Waals surface area contributed by atoms with Crippen molar-refractivity contribution >= 4 is 17.4 Å². The number of nitrogens with one attached hydrogen (secondary N) is 2. The summed E-state index contributed by atoms with van der Waals surface area (Å²) in [5, 5.41) is 9.75. The summed E-state index contributed by atoms with van der Waals surface area (Å²) in [6.45, 7) is 1.96. The first-order valence-corrected chi connectivity index (χ1v) is 8.78. The minimum atomic E-state index is -0.236. The Hall–Kier alpha value is -3.22. The molecule has 2 N–H and O–H groups in total. The van der Waals surface area contributed by atoms with Crippen LogP contribution in [0.3, 0.4) is 0 Å². The highest BCUT2D eigenvalue weighted by Gasteiger charge is 2.15. The van der Waals surface area contributed by atoms with Crippen molar-refractivity contribution in [1.29, 1.82) is 0 Å². The summed E-state index contributed by atoms with van der Waals surface area (Å²) >= 11 is 0. The number of rotatable bonds is 4. The first-order valence-electron chi connectivity index (χ1n) is 8.78. The molecule has 7 heteroatoms. The Morgan fingerprint density at radius 1 is 1.04 bits per heavy atom. The van der Waals surface area contributed by atoms with Crippen molar-refractivity contribution < 1.29 is 4.79 Å². The van der Waals surface area contributed by atoms with Gasteiger partial charge in [-0.05, 0) is 43.0 Å². The number of carbonyl (C=O) groups excluding carboxylic acids is 1. The number of carbonyl (C=O) groups is 1. The monoisotopic (exact) mass is 348 g/mol. The topological polar surface area (TPSA) is 86.8 Å². The van der Waals surface area contributed by atoms with E-state index in [9.17, 15) is 4.79 Å². The van der Waals surface area contributed by atoms with Crippen molar-refractivity contribution in [3.63, 3.8) is 0 Å². The number of nitrogens with zero attached hydrogens (tertiary/aromatic N) is 4. The van der Waals surface area contributed by atoms with Gasteiger partial charge in [0.15, 0.2) is 0 Å². The lowest BCUT2D eigenvalue weighted by Crippen LogP contribution is -2.30. The zero-order valence-electron chi connectivity index (χ0n) is 14.4. The third-order valence-corrected chi connectivity index (χ3v) is 4.52. The van der Waals surface area contributed by atoms with Gasteiger partial charge in [-0.3, -0.25) is 9.89 Å². The van der Waals surface area contributed by atoms with E-state index < -0.39 is 0 Å². The van der Waals surface area contributed by atoms with E-state index in [1.807, 2.05) is 30.3 Å². The van der Waals surface area contributed by atoms with Crippen LogP contribution in [0.15, 0.2) is 48.9 Å². The molecule has 0 unspecified atom stereocenters. The van der Waals surface area contributed by atoms with Crippen LogP contribution in [0.25, 0.3) is 11.3 Å². The van der Waals surface area contributed by atoms with Crippen molar-refractivity contribution in [3.8, 4) is 11.3 Å². The third-order valence-electron chi connectivity index (χ3n) is 4.52. The molecule has 26 heavy (non-hydrogen) atoms. The molecule has 0 atom stereocenters. The Kier molecular flexibility index (Phi) is 4.59. The molecule has 132 valence electrons. The molecule has 0 radical (unpaired) electrons. The lowest BCUT2D eigenvalue weighted by Gasteiger charge is -2.27. The third kappa shape index (κ3) is 3.56. The zero-order valence-corrected chi connectivity index (χ0v) is 14.4. The number of amides is 1. The summed E-state index contributed by atoms with van der Waals surface area (Å²) in [6, 6.07) is 11.3. The fourth-order valence-corrected chi connectivity index (χ4v) is 3.11. The van der Waals surface area contributed by atoms with Crippen LogP contribution in [0.4, 0.5) is 11.5 Å². The van der Waals surface area contributed by atoms with Crippen LogP contribution in [-0.4, -0.2) is 39.2 Å². The Morgan fingerprint density at radius 3 is 2.58 bits per heavy atom. The largest absolute Gasteiger partial charge is 0.357 e. The van der Waals surface area contributed by atoms with Gasteiger partial charge < -0.3 is 10.2 Å². The van der Waals surface area contributed by atoms with Gasteiger partial charge in [-0.1, -0.05) is 12.1 Å². The molecule has 4 rings (SSSR count). The Labute approximate surface area is 151 Å². The van der Waals surface area contributed by atoms with Crippen molar-refractivity contribution in [2.45, 2.75) is 19.3 Å². The first-order chi connectivity index (χ1) is 12.8. The number of aromatic amines is 1. The molecular formula is C19H20N6O. The molecule has 1 fully saturated rings. The van der Waals surface area contributed by atoms with Gasteiger partial charge in [-0.15, -0.1) is 0 Å². The zero-order chi connectivity index (χ0) is 17.8. The van der Waals surface area contributed by atoms with E-state index in [2.05, 4.69) is 30.4 Å². The van der Waals surface area contributed by atoms with Crippen LogP contribution in [-0.2, 0) is 0 Å². The average molecular weight is 348 g/mol. The van der Waals surface area contributed by atoms with Gasteiger partial charge in [-0.25, -0.2) is 9.97 Å². The second-order valence-corrected chi connectivity index (χ2v) is 6.31. The molecule has 0 saturated carbocycles. The van der Waals surface area contributed by atoms with Gasteiger partial charge in [0.2, 0.25) is 0 Å². The van der Waals surface area contributed by atoms with Crippen LogP contribution in [0.2, 0.25) is 0 Å². The number of anilines is 2. The number of piperidine rings is 1. The molecule has 1 aliphatic heterocycles. The standard InChI is InChI=1S/C19H20N6O/c26-19(17-12-18(21-13-20-17)25-10-2-1-3-11-25)23-15-6-4-14(5-7-15)16-8-9-22-24-16/h4-9,12-13H,1-3,10-11H2,(H,22,24)(H,23,26). The van der Waals surface area contributed by atoms with Crippen LogP contribution in [0.5, 0.6) is 0 Å². The van der Waals surface area contributed by atoms with Crippen molar-refractivity contribution in [3.05, 3.63) is 54.6 Å². The Bertz CT molecular complexity index is 869. The smallest absolute Gasteiger partial charge is 0.274 e. The number of benzene rings is 1. The Morgan fingerprint density at radius 2 is 1.85 bits per heavy atom. The summed E-state index contributed by atoms with van der Waals surface area (Å²) in [6.07, 6.45) is 6.74. The van der Waals surface area contributed by atoms with Gasteiger partial charge in [-0.2, -0.15) is 5.10 Å². The van der Waals surface area contributed by atoms with Crippen LogP contribution in [0.1, 0.15) is 29.8 Å². The maximum absolute atomic E-state index is 12.5. The molecule has 3 heterocycles. The highest BCUT2D eigenvalue weighted by molar-refractivity contribution is 6.03. The molecular weight excluding hydrogens is 328 g/mol. The molecule has 0 aliphatic carbocycles. The predicted octanol–water partition coefficient (Wildman–Crippen LogP) is 3.11. The van der Waals surface area contributed by atoms with Crippen molar-refractivity contribution in [2.75, 3.05) is 23.3 Å². The van der Waals surface area contributed by atoms with Crippen molar-refractivity contribution in [1.82, 2.24) is 20.2 Å². The fraction of sp³-hybridized carbons (Fsp3) is 0.263. The first kappa shape index (κ1) is 16.3. The normalized spacial score (nSPS) is 14.2. The van der Waals surface area contributed by atoms with E-state index in [1.54, 1.807) is 12.3 Å². The SMILES string of the molecule is O=C(Nc1ccc(-c2ccn[nH]2)cc1)c1cc(N2CCCCC2)ncn1. The summed E-state index contributed by atoms with van der Waals surface area (Å²) in [4.78, 5) is 23.2. The van der Waals surface area contributed by atoms with Gasteiger partial charge in [0.25, 0.3) is 5.91 Å². The van der Waals surface area contributed by atoms with Crippen LogP contribution in [0, 0.1) is 0 Å². The average Bonchev–Trinajstić information content (AvgIpc) is 3.24. The van der Waals surface area contributed by atoms with Gasteiger partial charge in [0, 0.05) is 31.0 Å². The molecule has 7 nitrogen and oxygen atoms in total. The van der Waals surface area contributed by atoms with E-state index in [4.69, 9.17) is 0 Å². The van der Waals surface area contributed by atoms with E-state index in [1.165, 1.54) is 12.7 Å². The van der Waals surface area contributed by atoms with Gasteiger partial charge in [0.1, 0.15) is 17.8 Å². The molecule has 1 aliphatic rings. The molecule has 0 bridgehead atoms. The van der Waals surface area contributed by atoms with Gasteiger partial charge in [0.05, 0.1) is 5.69 Å². The second kappa shape index (κ2) is 7.35. The number of aromatic nitrogens is 4. The summed E-state index contributed by atoms with van der Waals surface area (Å²) in [5.74, 6) is 0.583. The molecule has 1 amide bonds. The maximum Gasteiger partial charge on any atom is 0.274 e. The Balaban J connectivity index is 1.46. The quantitative estimate of drug-likeness (QED) is 0.756. The molecule has 1 aromatic carbocycles. The number of hydrogen-bond donors (Lipinski definition) is 2. The summed E-state index contributed by atoms with van der Waals surface area (Å²) in [5.41, 5.74) is 3.04. The van der Waals surface area contributed by atoms with Crippen LogP contribution >= 0.6 is 0 Å². The minimum Gasteiger partial charge on any atom is -0.357 e. The lowest BCUT2D eigenvalue weighted by molar-refractivity contribution is 0.102. The van der Waals surface area contributed by atoms with Crippen LogP contribution < -0.4 is 10.2 Å². The molecule has 1 saturated heterocycles. The molecule has 3 aromatic rings. The minimum absolute atomic E-state index is 0.236. The highest BCUT2D eigenvalue weighted by Crippen LogP contribution is 2.20. The van der Waals surface area contributed by atoms with Gasteiger partial charge >= 0.3 is 0 Å². The fourth-order valence-electron chi connectivity index (χ4n) is 3.11. The summed E-state index contributed by atoms with van der Waals surface area (Å²) < 4.78 is 0. The van der Waals surface area contributed by atoms with E-state index >= 15 is 0 Å². The number of H-pyrrole nitrogens is 1. The second-order valence-electron chi connectivity index (χ2n) is 6.31. The van der Waals surface area contributed by atoms with E-state index in [0.29, 0.717) is 5.69 Å². The highest BCUT2D eigenvalue weighted by atomic mass is 16.1. The lowest BCUT2D eigenvalue weighted by atomic mass is 10.1. The summed E-state index contributed by atoms with van der Waals surface area (Å²) in [7, 11) is 0. The van der Waals surface area contributed by atoms with E-state index in [-0.39, 0.29) is 5.91 Å². The number of hydrogen-bond acceptors (Lipinski definition) is 5. The van der Waals surface area contributed by atoms with Crippen molar-refractivity contribution in [2.24, 2.45) is 0 Å².